The zero-order valence-corrected chi connectivity index (χ0v) is 17.0. The SMILES string of the molecule is Cc1cc(C(=O)N2CCCC3(CCc4cnc(N)nc43)C2)c2cc(Cl)ccc2n1. The number of benzene rings is 1. The number of carbonyl (C=O) groups excluding carboxylic acids is 1. The van der Waals surface area contributed by atoms with Crippen LogP contribution >= 0.6 is 11.6 Å². The summed E-state index contributed by atoms with van der Waals surface area (Å²) in [7, 11) is 0. The monoisotopic (exact) mass is 407 g/mol. The summed E-state index contributed by atoms with van der Waals surface area (Å²) in [5.74, 6) is 0.330. The number of nitrogens with zero attached hydrogens (tertiary/aromatic N) is 4. The summed E-state index contributed by atoms with van der Waals surface area (Å²) in [6.45, 7) is 3.30. The minimum atomic E-state index is -0.129. The number of hydrogen-bond acceptors (Lipinski definition) is 5. The van der Waals surface area contributed by atoms with Crippen molar-refractivity contribution in [1.29, 1.82) is 0 Å². The average molecular weight is 408 g/mol. The Morgan fingerprint density at radius 2 is 2.10 bits per heavy atom. The number of fused-ring (bicyclic) bond motifs is 3. The van der Waals surface area contributed by atoms with Crippen molar-refractivity contribution in [2.45, 2.75) is 38.0 Å². The lowest BCUT2D eigenvalue weighted by atomic mass is 9.77. The van der Waals surface area contributed by atoms with Gasteiger partial charge in [0, 0.05) is 40.8 Å². The van der Waals surface area contributed by atoms with E-state index < -0.39 is 0 Å². The van der Waals surface area contributed by atoms with E-state index in [2.05, 4.69) is 15.0 Å². The van der Waals surface area contributed by atoms with Crippen molar-refractivity contribution in [2.24, 2.45) is 0 Å². The molecule has 2 aromatic heterocycles. The maximum absolute atomic E-state index is 13.6. The number of amides is 1. The third kappa shape index (κ3) is 3.02. The number of carbonyl (C=O) groups is 1. The smallest absolute Gasteiger partial charge is 0.254 e. The van der Waals surface area contributed by atoms with E-state index in [-0.39, 0.29) is 11.3 Å². The highest BCUT2D eigenvalue weighted by Crippen LogP contribution is 2.44. The quantitative estimate of drug-likeness (QED) is 0.664. The molecule has 0 saturated carbocycles. The van der Waals surface area contributed by atoms with Gasteiger partial charge in [0.05, 0.1) is 16.8 Å². The molecule has 5 rings (SSSR count). The third-order valence-electron chi connectivity index (χ3n) is 6.25. The van der Waals surface area contributed by atoms with Gasteiger partial charge in [0.2, 0.25) is 5.95 Å². The molecule has 1 atom stereocenters. The van der Waals surface area contributed by atoms with Gasteiger partial charge in [-0.15, -0.1) is 0 Å². The zero-order chi connectivity index (χ0) is 20.2. The first-order chi connectivity index (χ1) is 13.9. The Morgan fingerprint density at radius 1 is 1.24 bits per heavy atom. The summed E-state index contributed by atoms with van der Waals surface area (Å²) in [6, 6.07) is 7.37. The molecule has 7 heteroatoms. The highest BCUT2D eigenvalue weighted by molar-refractivity contribution is 6.31. The Bertz CT molecular complexity index is 1140. The highest BCUT2D eigenvalue weighted by atomic mass is 35.5. The number of pyridine rings is 1. The molecular formula is C22H22ClN5O. The van der Waals surface area contributed by atoms with E-state index in [1.807, 2.05) is 36.2 Å². The minimum Gasteiger partial charge on any atom is -0.368 e. The van der Waals surface area contributed by atoms with Crippen molar-refractivity contribution in [3.05, 3.63) is 58.0 Å². The summed E-state index contributed by atoms with van der Waals surface area (Å²) in [5, 5.41) is 1.40. The van der Waals surface area contributed by atoms with Gasteiger partial charge >= 0.3 is 0 Å². The number of nitrogens with two attached hydrogens (primary N) is 1. The second-order valence-corrected chi connectivity index (χ2v) is 8.62. The summed E-state index contributed by atoms with van der Waals surface area (Å²) in [6.07, 6.45) is 5.71. The van der Waals surface area contributed by atoms with E-state index in [0.717, 1.165) is 60.1 Å². The molecule has 3 heterocycles. The van der Waals surface area contributed by atoms with Gasteiger partial charge in [-0.05, 0) is 62.4 Å². The number of piperidine rings is 1. The standard InChI is InChI=1S/C22H22ClN5O/c1-13-9-17(16-10-15(23)3-4-18(16)26-13)20(29)28-8-2-6-22(12-28)7-5-14-11-25-21(24)27-19(14)22/h3-4,9-11H,2,5-8,12H2,1H3,(H2,24,25,27). The predicted molar refractivity (Wildman–Crippen MR) is 113 cm³/mol. The first-order valence-corrected chi connectivity index (χ1v) is 10.3. The second-order valence-electron chi connectivity index (χ2n) is 8.19. The van der Waals surface area contributed by atoms with Crippen molar-refractivity contribution in [3.8, 4) is 0 Å². The van der Waals surface area contributed by atoms with Crippen LogP contribution in [0, 0.1) is 6.92 Å². The number of aryl methyl sites for hydroxylation is 2. The largest absolute Gasteiger partial charge is 0.368 e. The van der Waals surface area contributed by atoms with Crippen LogP contribution in [0.4, 0.5) is 5.95 Å². The molecule has 1 aliphatic carbocycles. The van der Waals surface area contributed by atoms with Gasteiger partial charge in [0.15, 0.2) is 0 Å². The van der Waals surface area contributed by atoms with Crippen LogP contribution in [0.2, 0.25) is 5.02 Å². The van der Waals surface area contributed by atoms with Crippen LogP contribution in [0.25, 0.3) is 10.9 Å². The fraction of sp³-hybridized carbons (Fsp3) is 0.364. The van der Waals surface area contributed by atoms with Crippen LogP contribution in [0.1, 0.15) is 46.6 Å². The molecular weight excluding hydrogens is 386 g/mol. The van der Waals surface area contributed by atoms with Crippen molar-refractivity contribution in [3.63, 3.8) is 0 Å². The lowest BCUT2D eigenvalue weighted by Gasteiger charge is -2.40. The van der Waals surface area contributed by atoms with Crippen LogP contribution in [-0.2, 0) is 11.8 Å². The first-order valence-electron chi connectivity index (χ1n) is 9.93. The maximum atomic E-state index is 13.6. The molecule has 2 N–H and O–H groups in total. The van der Waals surface area contributed by atoms with Gasteiger partial charge in [-0.25, -0.2) is 9.97 Å². The number of nitrogen functional groups attached to an aromatic ring is 1. The van der Waals surface area contributed by atoms with Crippen molar-refractivity contribution in [1.82, 2.24) is 19.9 Å². The molecule has 1 spiro atoms. The molecule has 1 unspecified atom stereocenters. The maximum Gasteiger partial charge on any atom is 0.254 e. The third-order valence-corrected chi connectivity index (χ3v) is 6.49. The molecule has 0 bridgehead atoms. The summed E-state index contributed by atoms with van der Waals surface area (Å²) in [4.78, 5) is 28.8. The van der Waals surface area contributed by atoms with E-state index in [1.165, 1.54) is 0 Å². The molecule has 0 radical (unpaired) electrons. The zero-order valence-electron chi connectivity index (χ0n) is 16.3. The molecule has 3 aromatic rings. The van der Waals surface area contributed by atoms with Crippen LogP contribution in [-0.4, -0.2) is 38.8 Å². The van der Waals surface area contributed by atoms with E-state index in [1.54, 1.807) is 6.07 Å². The predicted octanol–water partition coefficient (Wildman–Crippen LogP) is 3.69. The topological polar surface area (TPSA) is 85.0 Å². The van der Waals surface area contributed by atoms with E-state index in [0.29, 0.717) is 23.1 Å². The van der Waals surface area contributed by atoms with Gasteiger partial charge in [0.1, 0.15) is 0 Å². The Hall–Kier alpha value is -2.73. The number of rotatable bonds is 1. The van der Waals surface area contributed by atoms with Crippen molar-refractivity contribution >= 4 is 34.4 Å². The molecule has 1 fully saturated rings. The van der Waals surface area contributed by atoms with Gasteiger partial charge in [0.25, 0.3) is 5.91 Å². The lowest BCUT2D eigenvalue weighted by molar-refractivity contribution is 0.0635. The lowest BCUT2D eigenvalue weighted by Crippen LogP contribution is -2.48. The Kier molecular flexibility index (Phi) is 4.21. The minimum absolute atomic E-state index is 0.0253. The Morgan fingerprint density at radius 3 is 2.97 bits per heavy atom. The fourth-order valence-corrected chi connectivity index (χ4v) is 5.11. The summed E-state index contributed by atoms with van der Waals surface area (Å²) >= 11 is 6.21. The van der Waals surface area contributed by atoms with E-state index in [4.69, 9.17) is 17.3 Å². The fourth-order valence-electron chi connectivity index (χ4n) is 4.94. The molecule has 29 heavy (non-hydrogen) atoms. The van der Waals surface area contributed by atoms with Crippen LogP contribution in [0.3, 0.4) is 0 Å². The molecule has 6 nitrogen and oxygen atoms in total. The molecule has 1 aromatic carbocycles. The number of hydrogen-bond donors (Lipinski definition) is 1. The van der Waals surface area contributed by atoms with Crippen LogP contribution < -0.4 is 5.73 Å². The first kappa shape index (κ1) is 18.3. The van der Waals surface area contributed by atoms with Gasteiger partial charge in [-0.3, -0.25) is 9.78 Å². The number of halogens is 1. The van der Waals surface area contributed by atoms with Crippen LogP contribution in [0.5, 0.6) is 0 Å². The van der Waals surface area contributed by atoms with Crippen LogP contribution in [0.15, 0.2) is 30.5 Å². The molecule has 1 aliphatic heterocycles. The van der Waals surface area contributed by atoms with Crippen molar-refractivity contribution in [2.75, 3.05) is 18.8 Å². The van der Waals surface area contributed by atoms with Gasteiger partial charge in [-0.1, -0.05) is 11.6 Å². The second kappa shape index (κ2) is 6.66. The molecule has 1 saturated heterocycles. The van der Waals surface area contributed by atoms with E-state index >= 15 is 0 Å². The number of likely N-dealkylation sites (tertiary alicyclic amines) is 1. The summed E-state index contributed by atoms with van der Waals surface area (Å²) < 4.78 is 0. The summed E-state index contributed by atoms with van der Waals surface area (Å²) in [5.41, 5.74) is 10.2. The Labute approximate surface area is 174 Å². The molecule has 1 amide bonds. The number of anilines is 1. The average Bonchev–Trinajstić information content (AvgIpc) is 3.04. The van der Waals surface area contributed by atoms with Gasteiger partial charge < -0.3 is 10.6 Å². The van der Waals surface area contributed by atoms with Gasteiger partial charge in [-0.2, -0.15) is 0 Å². The normalized spacial score (nSPS) is 21.0. The van der Waals surface area contributed by atoms with E-state index in [9.17, 15) is 4.79 Å². The molecule has 2 aliphatic rings. The molecule has 148 valence electrons. The highest BCUT2D eigenvalue weighted by Gasteiger charge is 2.45. The Balaban J connectivity index is 1.53. The number of aromatic nitrogens is 3. The van der Waals surface area contributed by atoms with Crippen molar-refractivity contribution < 1.29 is 4.79 Å².